The molecule has 0 atom stereocenters. The quantitative estimate of drug-likeness (QED) is 0.268. The molecule has 2 aliphatic rings. The molecule has 0 spiro atoms. The van der Waals surface area contributed by atoms with Gasteiger partial charge in [0.2, 0.25) is 0 Å². The molecule has 2 fully saturated rings. The summed E-state index contributed by atoms with van der Waals surface area (Å²) in [4.78, 5) is 4.64. The highest BCUT2D eigenvalue weighted by molar-refractivity contribution is 5.19. The van der Waals surface area contributed by atoms with Crippen LogP contribution in [0, 0.1) is 23.7 Å². The third kappa shape index (κ3) is 9.44. The first-order valence-corrected chi connectivity index (χ1v) is 14.3. The number of hydrogen-bond acceptors (Lipinski definition) is 2. The van der Waals surface area contributed by atoms with Gasteiger partial charge in [0.15, 0.2) is 0 Å². The standard InChI is InChI=1S/C30H51NO/c1-3-5-7-8-25-9-11-26(12-10-25)13-14-27-15-17-28(18-16-27)19-20-29-21-22-30(24-31-29)32-23-6-4-2/h21-22,24-28H,3-20,23H2,1-2H3. The molecule has 0 aliphatic heterocycles. The van der Waals surface area contributed by atoms with Crippen LogP contribution in [0.2, 0.25) is 0 Å². The van der Waals surface area contributed by atoms with E-state index in [1.165, 1.54) is 108 Å². The van der Waals surface area contributed by atoms with Gasteiger partial charge in [0, 0.05) is 5.69 Å². The zero-order valence-corrected chi connectivity index (χ0v) is 21.3. The van der Waals surface area contributed by atoms with Gasteiger partial charge in [0.05, 0.1) is 12.8 Å². The number of pyridine rings is 1. The van der Waals surface area contributed by atoms with Gasteiger partial charge in [-0.05, 0) is 55.1 Å². The second-order valence-electron chi connectivity index (χ2n) is 11.1. The van der Waals surface area contributed by atoms with Crippen LogP contribution in [-0.2, 0) is 6.42 Å². The Morgan fingerprint density at radius 2 is 1.25 bits per heavy atom. The maximum absolute atomic E-state index is 5.74. The van der Waals surface area contributed by atoms with E-state index in [1.54, 1.807) is 0 Å². The van der Waals surface area contributed by atoms with Crippen molar-refractivity contribution in [3.05, 3.63) is 24.0 Å². The molecule has 1 heterocycles. The van der Waals surface area contributed by atoms with Crippen molar-refractivity contribution in [1.82, 2.24) is 4.98 Å². The van der Waals surface area contributed by atoms with Crippen molar-refractivity contribution in [3.63, 3.8) is 0 Å². The van der Waals surface area contributed by atoms with Crippen molar-refractivity contribution in [2.24, 2.45) is 23.7 Å². The fraction of sp³-hybridized carbons (Fsp3) is 0.833. The Hall–Kier alpha value is -1.05. The second-order valence-corrected chi connectivity index (χ2v) is 11.1. The van der Waals surface area contributed by atoms with E-state index in [4.69, 9.17) is 4.74 Å². The summed E-state index contributed by atoms with van der Waals surface area (Å²) in [6.45, 7) is 5.32. The minimum absolute atomic E-state index is 0.807. The topological polar surface area (TPSA) is 22.1 Å². The van der Waals surface area contributed by atoms with E-state index in [2.05, 4.69) is 31.0 Å². The minimum atomic E-state index is 0.807. The van der Waals surface area contributed by atoms with E-state index in [9.17, 15) is 0 Å². The maximum atomic E-state index is 5.74. The number of unbranched alkanes of at least 4 members (excludes halogenated alkanes) is 3. The molecule has 2 aliphatic carbocycles. The van der Waals surface area contributed by atoms with E-state index < -0.39 is 0 Å². The van der Waals surface area contributed by atoms with Gasteiger partial charge in [0.25, 0.3) is 0 Å². The smallest absolute Gasteiger partial charge is 0.137 e. The van der Waals surface area contributed by atoms with Crippen LogP contribution in [0.1, 0.15) is 129 Å². The SMILES string of the molecule is CCCCCC1CCC(CCC2CCC(CCc3ccc(OCCCC)cn3)CC2)CC1. The summed E-state index contributed by atoms with van der Waals surface area (Å²) in [6, 6.07) is 4.28. The zero-order valence-electron chi connectivity index (χ0n) is 21.3. The molecule has 1 aromatic rings. The highest BCUT2D eigenvalue weighted by Gasteiger charge is 2.24. The number of hydrogen-bond donors (Lipinski definition) is 0. The van der Waals surface area contributed by atoms with E-state index in [0.717, 1.165) is 48.9 Å². The van der Waals surface area contributed by atoms with Crippen LogP contribution in [0.4, 0.5) is 0 Å². The van der Waals surface area contributed by atoms with E-state index in [0.29, 0.717) is 0 Å². The van der Waals surface area contributed by atoms with Gasteiger partial charge in [-0.2, -0.15) is 0 Å². The molecule has 0 aromatic carbocycles. The lowest BCUT2D eigenvalue weighted by Gasteiger charge is -2.32. The highest BCUT2D eigenvalue weighted by Crippen LogP contribution is 2.38. The molecule has 0 bridgehead atoms. The van der Waals surface area contributed by atoms with Crippen LogP contribution in [-0.4, -0.2) is 11.6 Å². The normalized spacial score (nSPS) is 26.2. The van der Waals surface area contributed by atoms with Crippen LogP contribution in [0.15, 0.2) is 18.3 Å². The van der Waals surface area contributed by atoms with Crippen LogP contribution in [0.5, 0.6) is 5.75 Å². The molecule has 2 heteroatoms. The lowest BCUT2D eigenvalue weighted by Crippen LogP contribution is -2.18. The van der Waals surface area contributed by atoms with Crippen molar-refractivity contribution in [2.75, 3.05) is 6.61 Å². The molecular formula is C30H51NO. The van der Waals surface area contributed by atoms with E-state index in [-0.39, 0.29) is 0 Å². The first-order chi connectivity index (χ1) is 15.8. The summed E-state index contributed by atoms with van der Waals surface area (Å²) in [7, 11) is 0. The van der Waals surface area contributed by atoms with E-state index >= 15 is 0 Å². The Balaban J connectivity index is 1.23. The van der Waals surface area contributed by atoms with Crippen molar-refractivity contribution < 1.29 is 4.74 Å². The largest absolute Gasteiger partial charge is 0.492 e. The van der Waals surface area contributed by atoms with Gasteiger partial charge in [-0.3, -0.25) is 4.98 Å². The average molecular weight is 442 g/mol. The Labute approximate surface area is 199 Å². The fourth-order valence-corrected chi connectivity index (χ4v) is 6.10. The molecule has 0 saturated heterocycles. The predicted octanol–water partition coefficient (Wildman–Crippen LogP) is 9.17. The van der Waals surface area contributed by atoms with Crippen LogP contribution in [0.3, 0.4) is 0 Å². The second kappa shape index (κ2) is 15.0. The van der Waals surface area contributed by atoms with Crippen LogP contribution in [0.25, 0.3) is 0 Å². The zero-order chi connectivity index (χ0) is 22.4. The molecule has 2 saturated carbocycles. The van der Waals surface area contributed by atoms with Gasteiger partial charge in [0.1, 0.15) is 5.75 Å². The number of rotatable bonds is 14. The summed E-state index contributed by atoms with van der Waals surface area (Å²) < 4.78 is 5.74. The van der Waals surface area contributed by atoms with Gasteiger partial charge < -0.3 is 4.74 Å². The Morgan fingerprint density at radius 3 is 1.78 bits per heavy atom. The molecule has 32 heavy (non-hydrogen) atoms. The third-order valence-corrected chi connectivity index (χ3v) is 8.50. The average Bonchev–Trinajstić information content (AvgIpc) is 2.84. The Morgan fingerprint density at radius 1 is 0.688 bits per heavy atom. The number of nitrogens with zero attached hydrogens (tertiary/aromatic N) is 1. The molecule has 1 aromatic heterocycles. The molecule has 0 amide bonds. The van der Waals surface area contributed by atoms with Gasteiger partial charge in [-0.25, -0.2) is 0 Å². The Kier molecular flexibility index (Phi) is 12.0. The van der Waals surface area contributed by atoms with Crippen molar-refractivity contribution in [1.29, 1.82) is 0 Å². The summed E-state index contributed by atoms with van der Waals surface area (Å²) in [5, 5.41) is 0. The van der Waals surface area contributed by atoms with Crippen LogP contribution < -0.4 is 4.74 Å². The predicted molar refractivity (Wildman–Crippen MR) is 137 cm³/mol. The molecular weight excluding hydrogens is 390 g/mol. The number of aromatic nitrogens is 1. The lowest BCUT2D eigenvalue weighted by molar-refractivity contribution is 0.208. The fourth-order valence-electron chi connectivity index (χ4n) is 6.10. The van der Waals surface area contributed by atoms with Crippen molar-refractivity contribution in [2.45, 2.75) is 129 Å². The highest BCUT2D eigenvalue weighted by atomic mass is 16.5. The summed E-state index contributed by atoms with van der Waals surface area (Å²) in [6.07, 6.45) is 27.5. The summed E-state index contributed by atoms with van der Waals surface area (Å²) in [5.74, 6) is 4.98. The third-order valence-electron chi connectivity index (χ3n) is 8.50. The van der Waals surface area contributed by atoms with Crippen molar-refractivity contribution in [3.8, 4) is 5.75 Å². The number of ether oxygens (including phenoxy) is 1. The van der Waals surface area contributed by atoms with Gasteiger partial charge in [-0.15, -0.1) is 0 Å². The first kappa shape index (κ1) is 25.6. The van der Waals surface area contributed by atoms with Gasteiger partial charge in [-0.1, -0.05) is 110 Å². The monoisotopic (exact) mass is 441 g/mol. The molecule has 3 rings (SSSR count). The van der Waals surface area contributed by atoms with E-state index in [1.807, 2.05) is 6.20 Å². The molecule has 0 radical (unpaired) electrons. The Bertz CT molecular complexity index is 581. The molecule has 0 unspecified atom stereocenters. The molecule has 2 nitrogen and oxygen atoms in total. The summed E-state index contributed by atoms with van der Waals surface area (Å²) >= 11 is 0. The first-order valence-electron chi connectivity index (χ1n) is 14.3. The van der Waals surface area contributed by atoms with Gasteiger partial charge >= 0.3 is 0 Å². The molecule has 0 N–H and O–H groups in total. The number of aryl methyl sites for hydroxylation is 1. The summed E-state index contributed by atoms with van der Waals surface area (Å²) in [5.41, 5.74) is 1.24. The molecule has 182 valence electrons. The maximum Gasteiger partial charge on any atom is 0.137 e. The lowest BCUT2D eigenvalue weighted by atomic mass is 9.74. The minimum Gasteiger partial charge on any atom is -0.492 e. The van der Waals surface area contributed by atoms with Crippen LogP contribution >= 0.6 is 0 Å². The van der Waals surface area contributed by atoms with Crippen molar-refractivity contribution >= 4 is 0 Å².